The lowest BCUT2D eigenvalue weighted by molar-refractivity contribution is 0.308. The van der Waals surface area contributed by atoms with Crippen molar-refractivity contribution in [1.82, 2.24) is 10.0 Å². The molecule has 2 aliphatic heterocycles. The highest BCUT2D eigenvalue weighted by molar-refractivity contribution is 7.91. The SMILES string of the molecule is C=C(C)c1ccc(N2CC3(CCNCC3)NS2(=O)=O)cc1. The Morgan fingerprint density at radius 1 is 1.24 bits per heavy atom. The van der Waals surface area contributed by atoms with E-state index in [0.717, 1.165) is 37.1 Å². The maximum Gasteiger partial charge on any atom is 0.302 e. The number of allylic oxidation sites excluding steroid dienone is 1. The van der Waals surface area contributed by atoms with Crippen molar-refractivity contribution < 1.29 is 8.42 Å². The second-order valence-electron chi connectivity index (χ2n) is 5.97. The van der Waals surface area contributed by atoms with Gasteiger partial charge in [-0.15, -0.1) is 0 Å². The number of hydrogen-bond donors (Lipinski definition) is 2. The number of hydrogen-bond acceptors (Lipinski definition) is 3. The third-order valence-corrected chi connectivity index (χ3v) is 5.90. The molecule has 2 aliphatic rings. The van der Waals surface area contributed by atoms with Crippen LogP contribution < -0.4 is 14.3 Å². The number of nitrogens with zero attached hydrogens (tertiary/aromatic N) is 1. The van der Waals surface area contributed by atoms with Crippen LogP contribution in [-0.2, 0) is 10.2 Å². The van der Waals surface area contributed by atoms with Crippen LogP contribution in [0.2, 0.25) is 0 Å². The van der Waals surface area contributed by atoms with Crippen LogP contribution in [-0.4, -0.2) is 33.6 Å². The first-order valence-corrected chi connectivity index (χ1v) is 8.64. The Morgan fingerprint density at radius 3 is 2.43 bits per heavy atom. The molecule has 21 heavy (non-hydrogen) atoms. The zero-order valence-electron chi connectivity index (χ0n) is 12.2. The Balaban J connectivity index is 1.89. The highest BCUT2D eigenvalue weighted by atomic mass is 32.2. The molecule has 114 valence electrons. The maximum absolute atomic E-state index is 12.4. The molecule has 1 aromatic rings. The largest absolute Gasteiger partial charge is 0.317 e. The summed E-state index contributed by atoms with van der Waals surface area (Å²) >= 11 is 0. The fourth-order valence-corrected chi connectivity index (χ4v) is 4.77. The van der Waals surface area contributed by atoms with E-state index in [9.17, 15) is 8.42 Å². The monoisotopic (exact) mass is 307 g/mol. The molecular formula is C15H21N3O2S. The molecule has 0 unspecified atom stereocenters. The first kappa shape index (κ1) is 14.6. The van der Waals surface area contributed by atoms with Crippen LogP contribution in [0, 0.1) is 0 Å². The average Bonchev–Trinajstić information content (AvgIpc) is 2.70. The van der Waals surface area contributed by atoms with Gasteiger partial charge >= 0.3 is 10.2 Å². The normalized spacial score (nSPS) is 23.4. The lowest BCUT2D eigenvalue weighted by atomic mass is 9.89. The fourth-order valence-electron chi connectivity index (χ4n) is 3.03. The van der Waals surface area contributed by atoms with E-state index in [4.69, 9.17) is 0 Å². The van der Waals surface area contributed by atoms with E-state index in [2.05, 4.69) is 16.6 Å². The summed E-state index contributed by atoms with van der Waals surface area (Å²) in [6.07, 6.45) is 1.65. The second kappa shape index (κ2) is 5.12. The van der Waals surface area contributed by atoms with Gasteiger partial charge in [-0.3, -0.25) is 4.31 Å². The van der Waals surface area contributed by atoms with Crippen LogP contribution >= 0.6 is 0 Å². The fraction of sp³-hybridized carbons (Fsp3) is 0.467. The van der Waals surface area contributed by atoms with Gasteiger partial charge in [0.1, 0.15) is 0 Å². The van der Waals surface area contributed by atoms with Gasteiger partial charge in [0.05, 0.1) is 17.8 Å². The van der Waals surface area contributed by atoms with E-state index in [1.54, 1.807) is 0 Å². The minimum absolute atomic E-state index is 0.322. The topological polar surface area (TPSA) is 61.4 Å². The summed E-state index contributed by atoms with van der Waals surface area (Å²) in [7, 11) is -3.45. The Bertz CT molecular complexity index is 646. The van der Waals surface area contributed by atoms with E-state index in [1.165, 1.54) is 4.31 Å². The minimum atomic E-state index is -3.45. The number of rotatable bonds is 2. The van der Waals surface area contributed by atoms with Crippen molar-refractivity contribution in [3.63, 3.8) is 0 Å². The highest BCUT2D eigenvalue weighted by Gasteiger charge is 2.47. The molecule has 0 amide bonds. The second-order valence-corrected chi connectivity index (χ2v) is 7.57. The summed E-state index contributed by atoms with van der Waals surface area (Å²) in [4.78, 5) is 0. The number of piperidine rings is 1. The number of nitrogens with one attached hydrogen (secondary N) is 2. The van der Waals surface area contributed by atoms with E-state index < -0.39 is 10.2 Å². The van der Waals surface area contributed by atoms with Crippen LogP contribution in [0.4, 0.5) is 5.69 Å². The predicted octanol–water partition coefficient (Wildman–Crippen LogP) is 1.50. The molecule has 0 aliphatic carbocycles. The molecule has 1 aromatic carbocycles. The van der Waals surface area contributed by atoms with Crippen molar-refractivity contribution in [2.75, 3.05) is 23.9 Å². The predicted molar refractivity (Wildman–Crippen MR) is 85.4 cm³/mol. The number of anilines is 1. The quantitative estimate of drug-likeness (QED) is 0.870. The number of benzene rings is 1. The molecular weight excluding hydrogens is 286 g/mol. The van der Waals surface area contributed by atoms with Crippen LogP contribution in [0.1, 0.15) is 25.3 Å². The van der Waals surface area contributed by atoms with Crippen LogP contribution in [0.25, 0.3) is 5.57 Å². The first-order valence-electron chi connectivity index (χ1n) is 7.20. The summed E-state index contributed by atoms with van der Waals surface area (Å²) in [5.41, 5.74) is 2.39. The molecule has 0 bridgehead atoms. The van der Waals surface area contributed by atoms with Gasteiger partial charge in [-0.1, -0.05) is 24.3 Å². The van der Waals surface area contributed by atoms with Crippen LogP contribution in [0.15, 0.2) is 30.8 Å². The Hall–Kier alpha value is -1.37. The minimum Gasteiger partial charge on any atom is -0.317 e. The Morgan fingerprint density at radius 2 is 1.86 bits per heavy atom. The molecule has 5 nitrogen and oxygen atoms in total. The van der Waals surface area contributed by atoms with Gasteiger partial charge in [0, 0.05) is 0 Å². The van der Waals surface area contributed by atoms with Gasteiger partial charge in [0.25, 0.3) is 0 Å². The van der Waals surface area contributed by atoms with Crippen molar-refractivity contribution in [2.45, 2.75) is 25.3 Å². The van der Waals surface area contributed by atoms with Crippen molar-refractivity contribution >= 4 is 21.5 Å². The van der Waals surface area contributed by atoms with Gasteiger partial charge in [-0.05, 0) is 50.6 Å². The van der Waals surface area contributed by atoms with Gasteiger partial charge in [0.15, 0.2) is 0 Å². The lowest BCUT2D eigenvalue weighted by Crippen LogP contribution is -2.51. The molecule has 2 fully saturated rings. The average molecular weight is 307 g/mol. The summed E-state index contributed by atoms with van der Waals surface area (Å²) in [6.45, 7) is 8.04. The van der Waals surface area contributed by atoms with Crippen molar-refractivity contribution in [3.8, 4) is 0 Å². The van der Waals surface area contributed by atoms with Gasteiger partial charge in [-0.25, -0.2) is 0 Å². The smallest absolute Gasteiger partial charge is 0.302 e. The van der Waals surface area contributed by atoms with Crippen molar-refractivity contribution in [3.05, 3.63) is 36.4 Å². The summed E-state index contributed by atoms with van der Waals surface area (Å²) in [6, 6.07) is 7.54. The zero-order chi connectivity index (χ0) is 15.1. The molecule has 1 spiro atoms. The molecule has 2 heterocycles. The summed E-state index contributed by atoms with van der Waals surface area (Å²) in [5.74, 6) is 0. The molecule has 6 heteroatoms. The van der Waals surface area contributed by atoms with E-state index in [0.29, 0.717) is 12.2 Å². The molecule has 2 N–H and O–H groups in total. The molecule has 0 atom stereocenters. The summed E-state index contributed by atoms with van der Waals surface area (Å²) in [5, 5.41) is 3.27. The standard InChI is InChI=1S/C15H21N3O2S/c1-12(2)13-3-5-14(6-4-13)18-11-15(17-21(18,19)20)7-9-16-10-8-15/h3-6,16-17H,1,7-11H2,2H3. The molecule has 0 radical (unpaired) electrons. The highest BCUT2D eigenvalue weighted by Crippen LogP contribution is 2.32. The maximum atomic E-state index is 12.4. The van der Waals surface area contributed by atoms with Crippen molar-refractivity contribution in [1.29, 1.82) is 0 Å². The van der Waals surface area contributed by atoms with E-state index in [-0.39, 0.29) is 5.54 Å². The van der Waals surface area contributed by atoms with Gasteiger partial charge < -0.3 is 5.32 Å². The lowest BCUT2D eigenvalue weighted by Gasteiger charge is -2.32. The third kappa shape index (κ3) is 2.71. The molecule has 0 aromatic heterocycles. The zero-order valence-corrected chi connectivity index (χ0v) is 13.0. The Labute approximate surface area is 126 Å². The molecule has 3 rings (SSSR count). The van der Waals surface area contributed by atoms with Gasteiger partial charge in [-0.2, -0.15) is 13.1 Å². The molecule has 0 saturated carbocycles. The van der Waals surface area contributed by atoms with E-state index in [1.807, 2.05) is 31.2 Å². The molecule has 2 saturated heterocycles. The van der Waals surface area contributed by atoms with Crippen LogP contribution in [0.3, 0.4) is 0 Å². The van der Waals surface area contributed by atoms with Crippen LogP contribution in [0.5, 0.6) is 0 Å². The third-order valence-electron chi connectivity index (χ3n) is 4.29. The first-order chi connectivity index (χ1) is 9.92. The van der Waals surface area contributed by atoms with Crippen molar-refractivity contribution in [2.24, 2.45) is 0 Å². The Kier molecular flexibility index (Phi) is 3.55. The van der Waals surface area contributed by atoms with Gasteiger partial charge in [0.2, 0.25) is 0 Å². The summed E-state index contributed by atoms with van der Waals surface area (Å²) < 4.78 is 29.2. The van der Waals surface area contributed by atoms with E-state index >= 15 is 0 Å².